The van der Waals surface area contributed by atoms with Gasteiger partial charge in [0.25, 0.3) is 0 Å². The summed E-state index contributed by atoms with van der Waals surface area (Å²) in [4.78, 5) is 0. The third-order valence-electron chi connectivity index (χ3n) is 4.66. The normalized spacial score (nSPS) is 14.3. The van der Waals surface area contributed by atoms with Crippen molar-refractivity contribution in [3.63, 3.8) is 0 Å². The Labute approximate surface area is 134 Å². The number of unbranched alkanes of at least 4 members (excludes halogenated alkanes) is 12. The van der Waals surface area contributed by atoms with Gasteiger partial charge in [-0.05, 0) is 12.8 Å². The molecule has 0 amide bonds. The van der Waals surface area contributed by atoms with Gasteiger partial charge in [0.1, 0.15) is 0 Å². The van der Waals surface area contributed by atoms with Crippen molar-refractivity contribution in [2.45, 2.75) is 122 Å². The average molecular weight is 299 g/mol. The van der Waals surface area contributed by atoms with Crippen LogP contribution in [0.1, 0.15) is 110 Å². The first kappa shape index (κ1) is 20.9. The molecule has 21 heavy (non-hydrogen) atoms. The predicted molar refractivity (Wildman–Crippen MR) is 96.6 cm³/mol. The maximum Gasteiger partial charge on any atom is 0.0192 e. The Kier molecular flexibility index (Phi) is 16.2. The lowest BCUT2D eigenvalue weighted by Gasteiger charge is -2.17. The summed E-state index contributed by atoms with van der Waals surface area (Å²) in [5.74, 6) is 0. The van der Waals surface area contributed by atoms with Crippen molar-refractivity contribution >= 4 is 0 Å². The lowest BCUT2D eigenvalue weighted by Crippen LogP contribution is -2.40. The van der Waals surface area contributed by atoms with E-state index in [1.165, 1.54) is 83.5 Å². The summed E-state index contributed by atoms with van der Waals surface area (Å²) in [7, 11) is 0. The van der Waals surface area contributed by atoms with Gasteiger partial charge in [-0.15, -0.1) is 0 Å². The highest BCUT2D eigenvalue weighted by molar-refractivity contribution is 4.74. The van der Waals surface area contributed by atoms with E-state index < -0.39 is 0 Å². The van der Waals surface area contributed by atoms with Gasteiger partial charge in [-0.2, -0.15) is 0 Å². The van der Waals surface area contributed by atoms with E-state index in [9.17, 15) is 0 Å². The van der Waals surface area contributed by atoms with E-state index in [2.05, 4.69) is 13.8 Å². The molecule has 0 saturated heterocycles. The van der Waals surface area contributed by atoms with Gasteiger partial charge >= 0.3 is 0 Å². The van der Waals surface area contributed by atoms with Gasteiger partial charge in [0.05, 0.1) is 0 Å². The Bertz CT molecular complexity index is 194. The molecular weight excluding hydrogens is 256 g/mol. The summed E-state index contributed by atoms with van der Waals surface area (Å²) in [6.45, 7) is 4.40. The van der Waals surface area contributed by atoms with Gasteiger partial charge in [-0.25, -0.2) is 0 Å². The molecule has 0 aromatic heterocycles. The maximum atomic E-state index is 6.04. The Morgan fingerprint density at radius 1 is 0.524 bits per heavy atom. The molecule has 2 heteroatoms. The minimum Gasteiger partial charge on any atom is -0.326 e. The van der Waals surface area contributed by atoms with Gasteiger partial charge in [0, 0.05) is 12.1 Å². The van der Waals surface area contributed by atoms with Crippen LogP contribution >= 0.6 is 0 Å². The Hall–Kier alpha value is -0.0800. The van der Waals surface area contributed by atoms with Crippen molar-refractivity contribution < 1.29 is 0 Å². The molecule has 2 nitrogen and oxygen atoms in total. The molecule has 0 fully saturated rings. The zero-order valence-corrected chi connectivity index (χ0v) is 14.9. The zero-order chi connectivity index (χ0) is 15.8. The molecule has 0 heterocycles. The summed E-state index contributed by atoms with van der Waals surface area (Å²) in [5.41, 5.74) is 12.0. The van der Waals surface area contributed by atoms with Gasteiger partial charge in [0.2, 0.25) is 0 Å². The van der Waals surface area contributed by atoms with Crippen LogP contribution < -0.4 is 11.5 Å². The van der Waals surface area contributed by atoms with Crippen LogP contribution in [0.5, 0.6) is 0 Å². The van der Waals surface area contributed by atoms with Crippen LogP contribution in [0.15, 0.2) is 0 Å². The van der Waals surface area contributed by atoms with E-state index in [1.807, 2.05) is 0 Å². The minimum atomic E-state index is 0.197. The molecule has 0 aromatic rings. The molecule has 0 unspecified atom stereocenters. The second-order valence-electron chi connectivity index (χ2n) is 6.77. The summed E-state index contributed by atoms with van der Waals surface area (Å²) in [5, 5.41) is 0. The van der Waals surface area contributed by atoms with E-state index in [-0.39, 0.29) is 12.1 Å². The van der Waals surface area contributed by atoms with Crippen molar-refractivity contribution in [3.05, 3.63) is 0 Å². The van der Waals surface area contributed by atoms with E-state index >= 15 is 0 Å². The van der Waals surface area contributed by atoms with Crippen molar-refractivity contribution in [2.75, 3.05) is 0 Å². The van der Waals surface area contributed by atoms with Crippen LogP contribution in [-0.2, 0) is 0 Å². The first-order chi connectivity index (χ1) is 10.2. The predicted octanol–water partition coefficient (Wildman–Crippen LogP) is 5.53. The van der Waals surface area contributed by atoms with Crippen molar-refractivity contribution in [1.29, 1.82) is 0 Å². The van der Waals surface area contributed by atoms with Crippen molar-refractivity contribution in [2.24, 2.45) is 11.5 Å². The molecule has 0 saturated carbocycles. The van der Waals surface area contributed by atoms with Crippen LogP contribution in [0.4, 0.5) is 0 Å². The zero-order valence-electron chi connectivity index (χ0n) is 14.9. The van der Waals surface area contributed by atoms with Crippen LogP contribution in [0, 0.1) is 0 Å². The lowest BCUT2D eigenvalue weighted by atomic mass is 9.99. The van der Waals surface area contributed by atoms with E-state index in [1.54, 1.807) is 0 Å². The smallest absolute Gasteiger partial charge is 0.0192 e. The van der Waals surface area contributed by atoms with Crippen LogP contribution in [0.3, 0.4) is 0 Å². The molecule has 0 rings (SSSR count). The van der Waals surface area contributed by atoms with Gasteiger partial charge in [-0.1, -0.05) is 97.3 Å². The maximum absolute atomic E-state index is 6.04. The highest BCUT2D eigenvalue weighted by Crippen LogP contribution is 2.13. The summed E-state index contributed by atoms with van der Waals surface area (Å²) >= 11 is 0. The van der Waals surface area contributed by atoms with Gasteiger partial charge < -0.3 is 11.5 Å². The fourth-order valence-corrected chi connectivity index (χ4v) is 2.91. The average Bonchev–Trinajstić information content (AvgIpc) is 2.50. The van der Waals surface area contributed by atoms with Crippen LogP contribution in [0.25, 0.3) is 0 Å². The summed E-state index contributed by atoms with van der Waals surface area (Å²) in [6, 6.07) is 0.407. The van der Waals surface area contributed by atoms with Crippen molar-refractivity contribution in [1.82, 2.24) is 0 Å². The number of rotatable bonds is 16. The fourth-order valence-electron chi connectivity index (χ4n) is 2.91. The number of nitrogens with two attached hydrogens (primary N) is 2. The molecule has 2 atom stereocenters. The molecule has 0 radical (unpaired) electrons. The third-order valence-corrected chi connectivity index (χ3v) is 4.66. The fraction of sp³-hybridized carbons (Fsp3) is 1.00. The van der Waals surface area contributed by atoms with E-state index in [4.69, 9.17) is 11.5 Å². The summed E-state index contributed by atoms with van der Waals surface area (Å²) in [6.07, 6.45) is 20.4. The lowest BCUT2D eigenvalue weighted by molar-refractivity contribution is 0.455. The number of hydrogen-bond donors (Lipinski definition) is 2. The van der Waals surface area contributed by atoms with E-state index in [0.29, 0.717) is 0 Å². The van der Waals surface area contributed by atoms with Crippen LogP contribution in [0.2, 0.25) is 0 Å². The molecule has 0 spiro atoms. The Balaban J connectivity index is 3.09. The largest absolute Gasteiger partial charge is 0.326 e. The first-order valence-electron chi connectivity index (χ1n) is 9.73. The quantitative estimate of drug-likeness (QED) is 0.368. The highest BCUT2D eigenvalue weighted by Gasteiger charge is 2.09. The SMILES string of the molecule is CCCCCCCCCCCCCCC[C@H](N)[C@H](N)CC. The Morgan fingerprint density at radius 2 is 0.905 bits per heavy atom. The topological polar surface area (TPSA) is 52.0 Å². The van der Waals surface area contributed by atoms with E-state index in [0.717, 1.165) is 12.8 Å². The minimum absolute atomic E-state index is 0.197. The van der Waals surface area contributed by atoms with Gasteiger partial charge in [-0.3, -0.25) is 0 Å². The molecule has 128 valence electrons. The highest BCUT2D eigenvalue weighted by atomic mass is 14.8. The van der Waals surface area contributed by atoms with Gasteiger partial charge in [0.15, 0.2) is 0 Å². The molecule has 0 bridgehead atoms. The molecule has 0 aliphatic heterocycles. The Morgan fingerprint density at radius 3 is 1.29 bits per heavy atom. The standard InChI is InChI=1S/C19H42N2/c1-3-5-6-7-8-9-10-11-12-13-14-15-16-17-19(21)18(20)4-2/h18-19H,3-17,20-21H2,1-2H3/t18-,19+/m1/s1. The summed E-state index contributed by atoms with van der Waals surface area (Å²) < 4.78 is 0. The van der Waals surface area contributed by atoms with Crippen LogP contribution in [-0.4, -0.2) is 12.1 Å². The van der Waals surface area contributed by atoms with Crippen molar-refractivity contribution in [3.8, 4) is 0 Å². The second kappa shape index (κ2) is 16.3. The molecule has 0 aliphatic rings. The third kappa shape index (κ3) is 14.6. The second-order valence-corrected chi connectivity index (χ2v) is 6.77. The molecule has 0 aromatic carbocycles. The molecule has 4 N–H and O–H groups in total. The number of hydrogen-bond acceptors (Lipinski definition) is 2. The molecular formula is C19H42N2. The first-order valence-corrected chi connectivity index (χ1v) is 9.73. The monoisotopic (exact) mass is 298 g/mol. The molecule has 0 aliphatic carbocycles.